The molecule has 0 aliphatic carbocycles. The molecule has 1 N–H and O–H groups in total. The van der Waals surface area contributed by atoms with Crippen molar-refractivity contribution in [1.82, 2.24) is 10.2 Å². The molecule has 1 unspecified atom stereocenters. The maximum Gasteiger partial charge on any atom is 0.251 e. The first-order valence-corrected chi connectivity index (χ1v) is 10.9. The van der Waals surface area contributed by atoms with Gasteiger partial charge in [0.2, 0.25) is 0 Å². The van der Waals surface area contributed by atoms with E-state index < -0.39 is 0 Å². The Balaban J connectivity index is 1.41. The van der Waals surface area contributed by atoms with E-state index in [0.717, 1.165) is 64.2 Å². The molecular weight excluding hydrogens is 360 g/mol. The van der Waals surface area contributed by atoms with Crippen molar-refractivity contribution in [3.63, 3.8) is 0 Å². The Hall–Kier alpha value is -2.17. The van der Waals surface area contributed by atoms with Crippen LogP contribution in [0.4, 0.5) is 0 Å². The van der Waals surface area contributed by atoms with Crippen LogP contribution in [0, 0.1) is 11.3 Å². The summed E-state index contributed by atoms with van der Waals surface area (Å²) in [6.07, 6.45) is 3.17. The van der Waals surface area contributed by atoms with Crippen molar-refractivity contribution in [2.45, 2.75) is 32.7 Å². The maximum absolute atomic E-state index is 12.7. The fraction of sp³-hybridized carbons (Fsp3) is 0.480. The Morgan fingerprint density at radius 3 is 2.48 bits per heavy atom. The molecule has 2 aromatic carbocycles. The van der Waals surface area contributed by atoms with Gasteiger partial charge in [0.25, 0.3) is 5.91 Å². The summed E-state index contributed by atoms with van der Waals surface area (Å²) >= 11 is 0. The third-order valence-electron chi connectivity index (χ3n) is 6.75. The lowest BCUT2D eigenvalue weighted by molar-refractivity contribution is -0.000221. The SMILES string of the molecule is CCc1ccc(C(=O)NCC2CN(Cc3ccccc3)CC23CCOCC3)cc1. The minimum absolute atomic E-state index is 0.0383. The largest absolute Gasteiger partial charge is 0.381 e. The number of amides is 1. The van der Waals surface area contributed by atoms with Crippen LogP contribution in [0.15, 0.2) is 54.6 Å². The number of rotatable bonds is 6. The first kappa shape index (κ1) is 20.1. The highest BCUT2D eigenvalue weighted by atomic mass is 16.5. The summed E-state index contributed by atoms with van der Waals surface area (Å²) in [6.45, 7) is 7.64. The van der Waals surface area contributed by atoms with Crippen molar-refractivity contribution in [3.8, 4) is 0 Å². The van der Waals surface area contributed by atoms with E-state index in [2.05, 4.69) is 47.5 Å². The number of benzene rings is 2. The lowest BCUT2D eigenvalue weighted by Crippen LogP contribution is -2.42. The number of ether oxygens (including phenoxy) is 1. The van der Waals surface area contributed by atoms with Gasteiger partial charge in [0, 0.05) is 45.0 Å². The molecule has 4 nitrogen and oxygen atoms in total. The molecule has 1 atom stereocenters. The number of carbonyl (C=O) groups excluding carboxylic acids is 1. The van der Waals surface area contributed by atoms with Crippen molar-refractivity contribution in [2.24, 2.45) is 11.3 Å². The molecule has 0 saturated carbocycles. The molecule has 2 saturated heterocycles. The van der Waals surface area contributed by atoms with E-state index in [4.69, 9.17) is 4.74 Å². The molecule has 29 heavy (non-hydrogen) atoms. The summed E-state index contributed by atoms with van der Waals surface area (Å²) in [7, 11) is 0. The summed E-state index contributed by atoms with van der Waals surface area (Å²) in [5.74, 6) is 0.505. The quantitative estimate of drug-likeness (QED) is 0.810. The zero-order valence-corrected chi connectivity index (χ0v) is 17.4. The van der Waals surface area contributed by atoms with E-state index >= 15 is 0 Å². The molecule has 2 aromatic rings. The van der Waals surface area contributed by atoms with Gasteiger partial charge in [-0.05, 0) is 53.9 Å². The summed E-state index contributed by atoms with van der Waals surface area (Å²) in [5, 5.41) is 3.23. The van der Waals surface area contributed by atoms with Gasteiger partial charge in [-0.3, -0.25) is 9.69 Å². The van der Waals surface area contributed by atoms with Gasteiger partial charge in [0.1, 0.15) is 0 Å². The van der Waals surface area contributed by atoms with Crippen LogP contribution in [0.5, 0.6) is 0 Å². The van der Waals surface area contributed by atoms with E-state index in [1.165, 1.54) is 11.1 Å². The van der Waals surface area contributed by atoms with Crippen LogP contribution in [-0.4, -0.2) is 43.7 Å². The molecule has 4 rings (SSSR count). The molecule has 1 amide bonds. The predicted octanol–water partition coefficient (Wildman–Crippen LogP) is 3.91. The third kappa shape index (κ3) is 4.71. The zero-order valence-electron chi connectivity index (χ0n) is 17.4. The Labute approximate surface area is 174 Å². The van der Waals surface area contributed by atoms with Crippen LogP contribution in [0.3, 0.4) is 0 Å². The standard InChI is InChI=1S/C25H32N2O2/c1-2-20-8-10-22(11-9-20)24(28)26-16-23-18-27(17-21-6-4-3-5-7-21)19-25(23)12-14-29-15-13-25/h3-11,23H,2,12-19H2,1H3,(H,26,28). The fourth-order valence-electron chi connectivity index (χ4n) is 4.94. The maximum atomic E-state index is 12.7. The summed E-state index contributed by atoms with van der Waals surface area (Å²) in [4.78, 5) is 15.3. The second kappa shape index (κ2) is 9.10. The van der Waals surface area contributed by atoms with Crippen LogP contribution in [0.1, 0.15) is 41.3 Å². The third-order valence-corrected chi connectivity index (χ3v) is 6.75. The van der Waals surface area contributed by atoms with Gasteiger partial charge in [-0.15, -0.1) is 0 Å². The number of nitrogens with one attached hydrogen (secondary N) is 1. The molecule has 2 heterocycles. The molecule has 2 fully saturated rings. The second-order valence-electron chi connectivity index (χ2n) is 8.59. The molecule has 4 heteroatoms. The van der Waals surface area contributed by atoms with Crippen molar-refractivity contribution in [3.05, 3.63) is 71.3 Å². The van der Waals surface area contributed by atoms with Crippen LogP contribution in [-0.2, 0) is 17.7 Å². The zero-order chi connectivity index (χ0) is 20.1. The minimum atomic E-state index is 0.0383. The van der Waals surface area contributed by atoms with Crippen LogP contribution in [0.2, 0.25) is 0 Å². The van der Waals surface area contributed by atoms with Crippen LogP contribution in [0.25, 0.3) is 0 Å². The molecule has 0 aromatic heterocycles. The van der Waals surface area contributed by atoms with Crippen molar-refractivity contribution >= 4 is 5.91 Å². The lowest BCUT2D eigenvalue weighted by Gasteiger charge is -2.38. The average molecular weight is 393 g/mol. The summed E-state index contributed by atoms with van der Waals surface area (Å²) < 4.78 is 5.67. The van der Waals surface area contributed by atoms with Gasteiger partial charge in [0.05, 0.1) is 0 Å². The van der Waals surface area contributed by atoms with Crippen LogP contribution < -0.4 is 5.32 Å². The number of carbonyl (C=O) groups is 1. The topological polar surface area (TPSA) is 41.6 Å². The van der Waals surface area contributed by atoms with Crippen molar-refractivity contribution < 1.29 is 9.53 Å². The van der Waals surface area contributed by atoms with E-state index in [0.29, 0.717) is 5.92 Å². The summed E-state index contributed by atoms with van der Waals surface area (Å²) in [6, 6.07) is 18.7. The molecule has 0 bridgehead atoms. The smallest absolute Gasteiger partial charge is 0.251 e. The van der Waals surface area contributed by atoms with Gasteiger partial charge < -0.3 is 10.1 Å². The highest BCUT2D eigenvalue weighted by Crippen LogP contribution is 2.44. The molecule has 154 valence electrons. The normalized spacial score (nSPS) is 21.3. The van der Waals surface area contributed by atoms with E-state index in [9.17, 15) is 4.79 Å². The van der Waals surface area contributed by atoms with Gasteiger partial charge in [-0.1, -0.05) is 49.4 Å². The number of aryl methyl sites for hydroxylation is 1. The molecule has 2 aliphatic heterocycles. The molecular formula is C25H32N2O2. The number of hydrogen-bond acceptors (Lipinski definition) is 3. The van der Waals surface area contributed by atoms with Crippen molar-refractivity contribution in [2.75, 3.05) is 32.8 Å². The van der Waals surface area contributed by atoms with E-state index in [1.807, 2.05) is 24.3 Å². The van der Waals surface area contributed by atoms with Gasteiger partial charge in [-0.25, -0.2) is 0 Å². The van der Waals surface area contributed by atoms with Gasteiger partial charge in [-0.2, -0.15) is 0 Å². The van der Waals surface area contributed by atoms with Gasteiger partial charge >= 0.3 is 0 Å². The van der Waals surface area contributed by atoms with Crippen molar-refractivity contribution in [1.29, 1.82) is 0 Å². The van der Waals surface area contributed by atoms with Gasteiger partial charge in [0.15, 0.2) is 0 Å². The number of likely N-dealkylation sites (tertiary alicyclic amines) is 1. The average Bonchev–Trinajstić information content (AvgIpc) is 3.09. The first-order chi connectivity index (χ1) is 14.2. The van der Waals surface area contributed by atoms with E-state index in [-0.39, 0.29) is 11.3 Å². The number of nitrogens with zero attached hydrogens (tertiary/aromatic N) is 1. The number of hydrogen-bond donors (Lipinski definition) is 1. The fourth-order valence-corrected chi connectivity index (χ4v) is 4.94. The van der Waals surface area contributed by atoms with Crippen LogP contribution >= 0.6 is 0 Å². The Kier molecular flexibility index (Phi) is 6.31. The lowest BCUT2D eigenvalue weighted by atomic mass is 9.72. The Morgan fingerprint density at radius 1 is 1.07 bits per heavy atom. The Bertz CT molecular complexity index is 797. The molecule has 1 spiro atoms. The predicted molar refractivity (Wildman–Crippen MR) is 116 cm³/mol. The monoisotopic (exact) mass is 392 g/mol. The summed E-state index contributed by atoms with van der Waals surface area (Å²) in [5.41, 5.74) is 3.62. The first-order valence-electron chi connectivity index (χ1n) is 10.9. The second-order valence-corrected chi connectivity index (χ2v) is 8.59. The molecule has 2 aliphatic rings. The molecule has 0 radical (unpaired) electrons. The highest BCUT2D eigenvalue weighted by Gasteiger charge is 2.46. The minimum Gasteiger partial charge on any atom is -0.381 e. The highest BCUT2D eigenvalue weighted by molar-refractivity contribution is 5.94. The van der Waals surface area contributed by atoms with E-state index in [1.54, 1.807) is 0 Å². The Morgan fingerprint density at radius 2 is 1.79 bits per heavy atom.